The van der Waals surface area contributed by atoms with E-state index < -0.39 is 10.2 Å². The molecule has 0 spiro atoms. The molecule has 1 unspecified atom stereocenters. The zero-order valence-electron chi connectivity index (χ0n) is 13.7. The molecule has 0 aliphatic carbocycles. The van der Waals surface area contributed by atoms with E-state index >= 15 is 0 Å². The van der Waals surface area contributed by atoms with Crippen LogP contribution in [0, 0.1) is 0 Å². The zero-order valence-corrected chi connectivity index (χ0v) is 14.5. The highest BCUT2D eigenvalue weighted by Crippen LogP contribution is 2.25. The maximum atomic E-state index is 13.0. The Morgan fingerprint density at radius 3 is 2.96 bits per heavy atom. The highest BCUT2D eigenvalue weighted by atomic mass is 32.2. The largest absolute Gasteiger partial charge is 0.380 e. The van der Waals surface area contributed by atoms with E-state index in [1.54, 1.807) is 14.8 Å². The highest BCUT2D eigenvalue weighted by Gasteiger charge is 2.38. The van der Waals surface area contributed by atoms with Crippen LogP contribution in [0.15, 0.2) is 12.4 Å². The predicted octanol–water partition coefficient (Wildman–Crippen LogP) is 0.877. The molecular formula is C15H26N4O3S. The summed E-state index contributed by atoms with van der Waals surface area (Å²) in [7, 11) is -3.40. The van der Waals surface area contributed by atoms with Gasteiger partial charge in [0.15, 0.2) is 0 Å². The second kappa shape index (κ2) is 7.29. The van der Waals surface area contributed by atoms with Gasteiger partial charge in [0, 0.05) is 57.6 Å². The van der Waals surface area contributed by atoms with Crippen LogP contribution in [0.4, 0.5) is 0 Å². The van der Waals surface area contributed by atoms with Crippen LogP contribution in [0.2, 0.25) is 0 Å². The first-order valence-electron chi connectivity index (χ1n) is 8.47. The predicted molar refractivity (Wildman–Crippen MR) is 87.3 cm³/mol. The van der Waals surface area contributed by atoms with Gasteiger partial charge in [-0.2, -0.15) is 17.0 Å². The number of hydrogen-bond acceptors (Lipinski definition) is 4. The third-order valence-corrected chi connectivity index (χ3v) is 6.74. The lowest BCUT2D eigenvalue weighted by Gasteiger charge is -2.30. The number of hydrogen-bond donors (Lipinski definition) is 0. The summed E-state index contributed by atoms with van der Waals surface area (Å²) in [5.74, 6) is 1.01. The number of ether oxygens (including phenoxy) is 1. The average Bonchev–Trinajstić information content (AvgIpc) is 3.09. The summed E-state index contributed by atoms with van der Waals surface area (Å²) in [6.07, 6.45) is 7.19. The van der Waals surface area contributed by atoms with Gasteiger partial charge in [0.2, 0.25) is 0 Å². The second-order valence-corrected chi connectivity index (χ2v) is 8.01. The van der Waals surface area contributed by atoms with Crippen LogP contribution in [0.25, 0.3) is 0 Å². The Morgan fingerprint density at radius 2 is 2.13 bits per heavy atom. The molecule has 0 radical (unpaired) electrons. The van der Waals surface area contributed by atoms with Gasteiger partial charge in [0.1, 0.15) is 5.82 Å². The monoisotopic (exact) mass is 342 g/mol. The Balaban J connectivity index is 1.75. The Hall–Kier alpha value is -0.960. The molecule has 1 atom stereocenters. The molecule has 8 heteroatoms. The molecule has 0 saturated carbocycles. The topological polar surface area (TPSA) is 67.7 Å². The lowest BCUT2D eigenvalue weighted by Crippen LogP contribution is -2.48. The van der Waals surface area contributed by atoms with Crippen molar-refractivity contribution in [2.75, 3.05) is 32.8 Å². The van der Waals surface area contributed by atoms with Gasteiger partial charge in [-0.25, -0.2) is 4.98 Å². The quantitative estimate of drug-likeness (QED) is 0.796. The van der Waals surface area contributed by atoms with E-state index in [1.807, 2.05) is 6.20 Å². The van der Waals surface area contributed by atoms with Crippen molar-refractivity contribution in [3.05, 3.63) is 18.2 Å². The van der Waals surface area contributed by atoms with Crippen molar-refractivity contribution in [2.24, 2.45) is 0 Å². The maximum absolute atomic E-state index is 13.0. The van der Waals surface area contributed by atoms with Gasteiger partial charge in [-0.05, 0) is 19.3 Å². The van der Waals surface area contributed by atoms with Crippen LogP contribution in [0.5, 0.6) is 0 Å². The van der Waals surface area contributed by atoms with Gasteiger partial charge in [0.25, 0.3) is 10.2 Å². The van der Waals surface area contributed by atoms with Gasteiger partial charge >= 0.3 is 0 Å². The van der Waals surface area contributed by atoms with Gasteiger partial charge in [-0.3, -0.25) is 0 Å². The second-order valence-electron chi connectivity index (χ2n) is 6.13. The molecule has 7 nitrogen and oxygen atoms in total. The van der Waals surface area contributed by atoms with Crippen LogP contribution in [-0.2, 0) is 27.9 Å². The van der Waals surface area contributed by atoms with Crippen LogP contribution in [0.1, 0.15) is 32.0 Å². The maximum Gasteiger partial charge on any atom is 0.282 e. The third kappa shape index (κ3) is 3.60. The first kappa shape index (κ1) is 16.9. The highest BCUT2D eigenvalue weighted by molar-refractivity contribution is 7.86. The molecule has 0 amide bonds. The van der Waals surface area contributed by atoms with Crippen LogP contribution >= 0.6 is 0 Å². The van der Waals surface area contributed by atoms with Crippen molar-refractivity contribution in [3.8, 4) is 0 Å². The molecule has 1 aromatic heterocycles. The standard InChI is InChI=1S/C15H26N4O3S/c1-2-15-16-6-9-17(15)13-14-5-3-8-19(14)23(20,21)18-7-4-11-22-12-10-18/h6,9,14H,2-5,7-8,10-13H2,1H3. The molecular weight excluding hydrogens is 316 g/mol. The van der Waals surface area contributed by atoms with E-state index in [2.05, 4.69) is 16.5 Å². The third-order valence-electron chi connectivity index (χ3n) is 4.65. The molecule has 3 heterocycles. The van der Waals surface area contributed by atoms with Crippen LogP contribution in [-0.4, -0.2) is 65.5 Å². The van der Waals surface area contributed by atoms with E-state index in [0.29, 0.717) is 39.4 Å². The van der Waals surface area contributed by atoms with E-state index in [1.165, 1.54) is 0 Å². The van der Waals surface area contributed by atoms with Gasteiger partial charge in [-0.15, -0.1) is 0 Å². The number of aryl methyl sites for hydroxylation is 1. The van der Waals surface area contributed by atoms with E-state index in [0.717, 1.165) is 31.5 Å². The summed E-state index contributed by atoms with van der Waals surface area (Å²) in [4.78, 5) is 4.33. The fourth-order valence-corrected chi connectivity index (χ4v) is 5.32. The van der Waals surface area contributed by atoms with E-state index in [-0.39, 0.29) is 6.04 Å². The van der Waals surface area contributed by atoms with Crippen molar-refractivity contribution in [3.63, 3.8) is 0 Å². The number of rotatable bonds is 5. The molecule has 0 aromatic carbocycles. The fourth-order valence-electron chi connectivity index (χ4n) is 3.45. The first-order chi connectivity index (χ1) is 11.1. The Bertz CT molecular complexity index is 608. The molecule has 0 bridgehead atoms. The smallest absolute Gasteiger partial charge is 0.282 e. The van der Waals surface area contributed by atoms with E-state index in [9.17, 15) is 8.42 Å². The Kier molecular flexibility index (Phi) is 5.35. The summed E-state index contributed by atoms with van der Waals surface area (Å²) in [6, 6.07) is 0.0173. The molecule has 0 N–H and O–H groups in total. The zero-order chi connectivity index (χ0) is 16.3. The Labute approximate surface area is 138 Å². The molecule has 2 aliphatic heterocycles. The van der Waals surface area contributed by atoms with Gasteiger partial charge in [-0.1, -0.05) is 6.92 Å². The minimum absolute atomic E-state index is 0.0173. The van der Waals surface area contributed by atoms with Crippen molar-refractivity contribution < 1.29 is 13.2 Å². The summed E-state index contributed by atoms with van der Waals surface area (Å²) < 4.78 is 36.8. The molecule has 130 valence electrons. The van der Waals surface area contributed by atoms with Gasteiger partial charge in [0.05, 0.1) is 6.61 Å². The Morgan fingerprint density at radius 1 is 1.26 bits per heavy atom. The number of imidazole rings is 1. The van der Waals surface area contributed by atoms with Gasteiger partial charge < -0.3 is 9.30 Å². The summed E-state index contributed by atoms with van der Waals surface area (Å²) in [5.41, 5.74) is 0. The van der Waals surface area contributed by atoms with E-state index in [4.69, 9.17) is 4.74 Å². The lowest BCUT2D eigenvalue weighted by atomic mass is 10.2. The van der Waals surface area contributed by atoms with Crippen molar-refractivity contribution in [2.45, 2.75) is 45.2 Å². The number of nitrogens with zero attached hydrogens (tertiary/aromatic N) is 4. The van der Waals surface area contributed by atoms with Crippen molar-refractivity contribution in [1.82, 2.24) is 18.2 Å². The minimum Gasteiger partial charge on any atom is -0.380 e. The summed E-state index contributed by atoms with van der Waals surface area (Å²) in [6.45, 7) is 5.50. The summed E-state index contributed by atoms with van der Waals surface area (Å²) >= 11 is 0. The average molecular weight is 342 g/mol. The first-order valence-corrected chi connectivity index (χ1v) is 9.87. The molecule has 2 fully saturated rings. The molecule has 23 heavy (non-hydrogen) atoms. The molecule has 2 saturated heterocycles. The molecule has 2 aliphatic rings. The van der Waals surface area contributed by atoms with Crippen LogP contribution < -0.4 is 0 Å². The SMILES string of the molecule is CCc1nccn1CC1CCCN1S(=O)(=O)N1CCCOCC1. The van der Waals surface area contributed by atoms with Crippen LogP contribution in [0.3, 0.4) is 0 Å². The molecule has 3 rings (SSSR count). The summed E-state index contributed by atoms with van der Waals surface area (Å²) in [5, 5.41) is 0. The fraction of sp³-hybridized carbons (Fsp3) is 0.800. The molecule has 1 aromatic rings. The lowest BCUT2D eigenvalue weighted by molar-refractivity contribution is 0.147. The minimum atomic E-state index is -3.40. The normalized spacial score (nSPS) is 24.8. The number of aromatic nitrogens is 2. The van der Waals surface area contributed by atoms with Crippen molar-refractivity contribution in [1.29, 1.82) is 0 Å². The van der Waals surface area contributed by atoms with Crippen molar-refractivity contribution >= 4 is 10.2 Å².